The number of thioether (sulfide) groups is 1. The summed E-state index contributed by atoms with van der Waals surface area (Å²) in [5, 5.41) is 11.1. The van der Waals surface area contributed by atoms with Crippen molar-refractivity contribution in [1.82, 2.24) is 10.2 Å². The molecule has 0 spiro atoms. The third kappa shape index (κ3) is 4.47. The summed E-state index contributed by atoms with van der Waals surface area (Å²) in [4.78, 5) is 11.8. The molecule has 1 aromatic carbocycles. The van der Waals surface area contributed by atoms with Crippen LogP contribution in [-0.4, -0.2) is 21.9 Å². The summed E-state index contributed by atoms with van der Waals surface area (Å²) in [6, 6.07) is 7.97. The highest BCUT2D eigenvalue weighted by molar-refractivity contribution is 8.01. The van der Waals surface area contributed by atoms with Gasteiger partial charge in [0.25, 0.3) is 0 Å². The second kappa shape index (κ2) is 7.21. The Hall–Kier alpha value is -1.66. The van der Waals surface area contributed by atoms with Crippen LogP contribution in [0.4, 0.5) is 5.13 Å². The van der Waals surface area contributed by atoms with Crippen LogP contribution in [0.1, 0.15) is 18.1 Å². The Morgan fingerprint density at radius 3 is 2.80 bits per heavy atom. The van der Waals surface area contributed by atoms with Crippen molar-refractivity contribution in [3.8, 4) is 0 Å². The summed E-state index contributed by atoms with van der Waals surface area (Å²) in [7, 11) is 0. The summed E-state index contributed by atoms with van der Waals surface area (Å²) < 4.78 is 0.866. The smallest absolute Gasteiger partial charge is 0.250 e. The molecule has 0 radical (unpaired) electrons. The number of anilines is 1. The number of carbonyl (C=O) groups is 1. The van der Waals surface area contributed by atoms with Gasteiger partial charge in [0, 0.05) is 6.08 Å². The first-order chi connectivity index (χ1) is 9.67. The Morgan fingerprint density at radius 2 is 2.10 bits per heavy atom. The molecule has 0 fully saturated rings. The number of amides is 1. The van der Waals surface area contributed by atoms with Gasteiger partial charge in [-0.1, -0.05) is 59.9 Å². The molecule has 2 aromatic rings. The van der Waals surface area contributed by atoms with E-state index in [-0.39, 0.29) is 5.91 Å². The number of carbonyl (C=O) groups excluding carboxylic acids is 1. The van der Waals surface area contributed by atoms with Gasteiger partial charge in [-0.3, -0.25) is 10.1 Å². The molecule has 0 saturated carbocycles. The average Bonchev–Trinajstić information content (AvgIpc) is 2.86. The third-order valence-corrected chi connectivity index (χ3v) is 4.26. The fourth-order valence-electron chi connectivity index (χ4n) is 1.44. The van der Waals surface area contributed by atoms with Crippen LogP contribution in [0.15, 0.2) is 34.7 Å². The minimum absolute atomic E-state index is 0.199. The van der Waals surface area contributed by atoms with Gasteiger partial charge in [-0.15, -0.1) is 10.2 Å². The van der Waals surface area contributed by atoms with Crippen LogP contribution in [-0.2, 0) is 4.79 Å². The second-order valence-electron chi connectivity index (χ2n) is 4.04. The first kappa shape index (κ1) is 14.7. The molecule has 0 bridgehead atoms. The van der Waals surface area contributed by atoms with E-state index in [4.69, 9.17) is 0 Å². The predicted octanol–water partition coefficient (Wildman–Crippen LogP) is 3.61. The van der Waals surface area contributed by atoms with E-state index in [2.05, 4.69) is 22.4 Å². The van der Waals surface area contributed by atoms with Gasteiger partial charge >= 0.3 is 0 Å². The summed E-state index contributed by atoms with van der Waals surface area (Å²) >= 11 is 2.99. The van der Waals surface area contributed by atoms with Crippen LogP contribution in [0.5, 0.6) is 0 Å². The van der Waals surface area contributed by atoms with E-state index in [0.717, 1.165) is 15.7 Å². The Kier molecular flexibility index (Phi) is 5.31. The first-order valence-corrected chi connectivity index (χ1v) is 7.99. The van der Waals surface area contributed by atoms with Crippen molar-refractivity contribution >= 4 is 40.2 Å². The molecule has 0 aliphatic rings. The van der Waals surface area contributed by atoms with Crippen LogP contribution in [0.2, 0.25) is 0 Å². The molecule has 6 heteroatoms. The molecule has 4 nitrogen and oxygen atoms in total. The highest BCUT2D eigenvalue weighted by atomic mass is 32.2. The average molecular weight is 305 g/mol. The van der Waals surface area contributed by atoms with Crippen molar-refractivity contribution in [2.75, 3.05) is 11.1 Å². The lowest BCUT2D eigenvalue weighted by Crippen LogP contribution is -2.07. The Balaban J connectivity index is 1.92. The molecule has 0 saturated heterocycles. The highest BCUT2D eigenvalue weighted by Crippen LogP contribution is 2.24. The molecule has 0 atom stereocenters. The largest absolute Gasteiger partial charge is 0.297 e. The molecular weight excluding hydrogens is 290 g/mol. The first-order valence-electron chi connectivity index (χ1n) is 6.19. The second-order valence-corrected chi connectivity index (χ2v) is 6.53. The summed E-state index contributed by atoms with van der Waals surface area (Å²) in [6.07, 6.45) is 3.27. The molecule has 0 aliphatic heterocycles. The number of aromatic nitrogens is 2. The summed E-state index contributed by atoms with van der Waals surface area (Å²) in [6.45, 7) is 4.08. The molecule has 104 valence electrons. The zero-order chi connectivity index (χ0) is 14.4. The third-order valence-electron chi connectivity index (χ3n) is 2.41. The van der Waals surface area contributed by atoms with E-state index >= 15 is 0 Å². The number of hydrogen-bond donors (Lipinski definition) is 1. The van der Waals surface area contributed by atoms with Gasteiger partial charge in [-0.2, -0.15) is 0 Å². The molecule has 1 N–H and O–H groups in total. The maximum Gasteiger partial charge on any atom is 0.250 e. The number of benzene rings is 1. The zero-order valence-corrected chi connectivity index (χ0v) is 12.9. The summed E-state index contributed by atoms with van der Waals surface area (Å²) in [5.74, 6) is 0.741. The number of aryl methyl sites for hydroxylation is 1. The van der Waals surface area contributed by atoms with Crippen molar-refractivity contribution in [3.63, 3.8) is 0 Å². The maximum atomic E-state index is 11.8. The van der Waals surface area contributed by atoms with Gasteiger partial charge in [0.15, 0.2) is 4.34 Å². The monoisotopic (exact) mass is 305 g/mol. The summed E-state index contributed by atoms with van der Waals surface area (Å²) in [5.41, 5.74) is 2.19. The Bertz CT molecular complexity index is 605. The van der Waals surface area contributed by atoms with Gasteiger partial charge in [0.05, 0.1) is 0 Å². The van der Waals surface area contributed by atoms with Gasteiger partial charge in [0.2, 0.25) is 11.0 Å². The lowest BCUT2D eigenvalue weighted by molar-refractivity contribution is -0.111. The lowest BCUT2D eigenvalue weighted by Gasteiger charge is -1.96. The molecular formula is C14H15N3OS2. The van der Waals surface area contributed by atoms with Crippen molar-refractivity contribution in [1.29, 1.82) is 0 Å². The van der Waals surface area contributed by atoms with Crippen LogP contribution in [0.25, 0.3) is 6.08 Å². The number of rotatable bonds is 5. The fraction of sp³-hybridized carbons (Fsp3) is 0.214. The van der Waals surface area contributed by atoms with Crippen molar-refractivity contribution in [3.05, 3.63) is 41.5 Å². The van der Waals surface area contributed by atoms with E-state index < -0.39 is 0 Å². The number of nitrogens with one attached hydrogen (secondary N) is 1. The molecule has 1 amide bonds. The van der Waals surface area contributed by atoms with Crippen LogP contribution >= 0.6 is 23.1 Å². The lowest BCUT2D eigenvalue weighted by atomic mass is 10.1. The Labute approximate surface area is 126 Å². The predicted molar refractivity (Wildman–Crippen MR) is 85.1 cm³/mol. The van der Waals surface area contributed by atoms with E-state index in [0.29, 0.717) is 5.13 Å². The Morgan fingerprint density at radius 1 is 1.35 bits per heavy atom. The zero-order valence-electron chi connectivity index (χ0n) is 11.3. The SMILES string of the molecule is CCSc1nnc(NC(=O)/C=C\c2ccc(C)cc2)s1. The van der Waals surface area contributed by atoms with Gasteiger partial charge in [-0.05, 0) is 24.3 Å². The molecule has 0 aliphatic carbocycles. The quantitative estimate of drug-likeness (QED) is 0.521. The molecule has 2 rings (SSSR count). The minimum atomic E-state index is -0.199. The fourth-order valence-corrected chi connectivity index (χ4v) is 3.09. The van der Waals surface area contributed by atoms with Crippen molar-refractivity contribution < 1.29 is 4.79 Å². The van der Waals surface area contributed by atoms with Crippen molar-refractivity contribution in [2.45, 2.75) is 18.2 Å². The molecule has 0 unspecified atom stereocenters. The van der Waals surface area contributed by atoms with E-state index in [1.54, 1.807) is 17.8 Å². The highest BCUT2D eigenvalue weighted by Gasteiger charge is 2.05. The van der Waals surface area contributed by atoms with Gasteiger partial charge in [0.1, 0.15) is 0 Å². The molecule has 1 aromatic heterocycles. The van der Waals surface area contributed by atoms with Gasteiger partial charge < -0.3 is 0 Å². The van der Waals surface area contributed by atoms with Crippen molar-refractivity contribution in [2.24, 2.45) is 0 Å². The van der Waals surface area contributed by atoms with E-state index in [1.165, 1.54) is 23.0 Å². The topological polar surface area (TPSA) is 54.9 Å². The number of nitrogens with zero attached hydrogens (tertiary/aromatic N) is 2. The van der Waals surface area contributed by atoms with Crippen LogP contribution in [0.3, 0.4) is 0 Å². The normalized spacial score (nSPS) is 10.9. The van der Waals surface area contributed by atoms with Crippen LogP contribution < -0.4 is 5.32 Å². The minimum Gasteiger partial charge on any atom is -0.297 e. The van der Waals surface area contributed by atoms with Crippen LogP contribution in [0, 0.1) is 6.92 Å². The molecule has 20 heavy (non-hydrogen) atoms. The van der Waals surface area contributed by atoms with E-state index in [1.807, 2.05) is 31.2 Å². The molecule has 1 heterocycles. The number of hydrogen-bond acceptors (Lipinski definition) is 5. The van der Waals surface area contributed by atoms with E-state index in [9.17, 15) is 4.79 Å². The maximum absolute atomic E-state index is 11.8. The van der Waals surface area contributed by atoms with Gasteiger partial charge in [-0.25, -0.2) is 0 Å². The standard InChI is InChI=1S/C14H15N3OS2/c1-3-19-14-17-16-13(20-14)15-12(18)9-8-11-6-4-10(2)5-7-11/h4-9H,3H2,1-2H3,(H,15,16,18)/b9-8-.